The zero-order chi connectivity index (χ0) is 13.7. The molecule has 5 heteroatoms. The third kappa shape index (κ3) is 4.64. The Hall–Kier alpha value is -1.10. The molecule has 1 atom stereocenters. The maximum atomic E-state index is 11.0. The Balaban J connectivity index is 2.64. The quantitative estimate of drug-likeness (QED) is 0.826. The number of aliphatic hydroxyl groups excluding tert-OH is 1. The molecule has 1 rings (SSSR count). The van der Waals surface area contributed by atoms with Gasteiger partial charge in [0.2, 0.25) is 5.91 Å². The third-order valence-corrected chi connectivity index (χ3v) is 3.06. The number of hydrogen-bond acceptors (Lipinski definition) is 3. The van der Waals surface area contributed by atoms with Gasteiger partial charge in [0.25, 0.3) is 0 Å². The first-order valence-electron chi connectivity index (χ1n) is 5.85. The molecule has 0 saturated heterocycles. The van der Waals surface area contributed by atoms with Crippen molar-refractivity contribution in [2.24, 2.45) is 5.73 Å². The summed E-state index contributed by atoms with van der Waals surface area (Å²) in [5.74, 6) is -0.481. The van der Waals surface area contributed by atoms with E-state index in [9.17, 15) is 9.90 Å². The number of aliphatic hydroxyl groups is 1. The molecular formula is C13H19ClN2O2. The zero-order valence-corrected chi connectivity index (χ0v) is 11.4. The van der Waals surface area contributed by atoms with E-state index in [2.05, 4.69) is 4.90 Å². The number of nitrogens with zero attached hydrogens (tertiary/aromatic N) is 1. The molecule has 0 fully saturated rings. The number of amides is 1. The molecule has 1 amide bonds. The van der Waals surface area contributed by atoms with Gasteiger partial charge in [-0.2, -0.15) is 0 Å². The Morgan fingerprint density at radius 2 is 2.22 bits per heavy atom. The van der Waals surface area contributed by atoms with Gasteiger partial charge in [-0.25, -0.2) is 0 Å². The molecule has 18 heavy (non-hydrogen) atoms. The summed E-state index contributed by atoms with van der Waals surface area (Å²) >= 11 is 6.10. The number of nitrogens with two attached hydrogens (primary N) is 1. The van der Waals surface area contributed by atoms with Crippen molar-refractivity contribution in [3.63, 3.8) is 0 Å². The second kappa shape index (κ2) is 6.73. The van der Waals surface area contributed by atoms with Gasteiger partial charge < -0.3 is 15.7 Å². The number of primary amides is 1. The lowest BCUT2D eigenvalue weighted by Gasteiger charge is -2.18. The molecule has 0 saturated carbocycles. The third-order valence-electron chi connectivity index (χ3n) is 2.71. The molecule has 100 valence electrons. The van der Waals surface area contributed by atoms with Crippen molar-refractivity contribution in [3.05, 3.63) is 34.3 Å². The summed E-state index contributed by atoms with van der Waals surface area (Å²) in [6.45, 7) is 3.22. The van der Waals surface area contributed by atoms with Crippen LogP contribution in [-0.4, -0.2) is 35.6 Å². The maximum absolute atomic E-state index is 11.0. The topological polar surface area (TPSA) is 66.6 Å². The average Bonchev–Trinajstić information content (AvgIpc) is 2.29. The van der Waals surface area contributed by atoms with E-state index >= 15 is 0 Å². The molecule has 0 aliphatic rings. The van der Waals surface area contributed by atoms with Gasteiger partial charge in [0, 0.05) is 23.7 Å². The van der Waals surface area contributed by atoms with Crippen LogP contribution in [0.1, 0.15) is 29.3 Å². The highest BCUT2D eigenvalue weighted by Crippen LogP contribution is 2.19. The fourth-order valence-corrected chi connectivity index (χ4v) is 1.85. The lowest BCUT2D eigenvalue weighted by Crippen LogP contribution is -2.22. The van der Waals surface area contributed by atoms with Gasteiger partial charge in [-0.3, -0.25) is 4.79 Å². The maximum Gasteiger partial charge on any atom is 0.248 e. The molecular weight excluding hydrogens is 252 g/mol. The molecule has 0 aliphatic carbocycles. The largest absolute Gasteiger partial charge is 0.393 e. The SMILES string of the molecule is CC(O)CCN(C)Cc1ccc(C(N)=O)cc1Cl. The molecule has 0 heterocycles. The van der Waals surface area contributed by atoms with Crippen LogP contribution >= 0.6 is 11.6 Å². The lowest BCUT2D eigenvalue weighted by molar-refractivity contribution is 0.1000. The summed E-state index contributed by atoms with van der Waals surface area (Å²) in [5, 5.41) is 9.75. The Bertz CT molecular complexity index is 421. The number of carbonyl (C=O) groups is 1. The van der Waals surface area contributed by atoms with Crippen molar-refractivity contribution in [1.29, 1.82) is 0 Å². The minimum absolute atomic E-state index is 0.305. The summed E-state index contributed by atoms with van der Waals surface area (Å²) in [6.07, 6.45) is 0.410. The van der Waals surface area contributed by atoms with Crippen LogP contribution in [0.5, 0.6) is 0 Å². The molecule has 0 radical (unpaired) electrons. The minimum Gasteiger partial charge on any atom is -0.393 e. The minimum atomic E-state index is -0.481. The fraction of sp³-hybridized carbons (Fsp3) is 0.462. The number of benzene rings is 1. The van der Waals surface area contributed by atoms with Crippen LogP contribution in [0, 0.1) is 0 Å². The van der Waals surface area contributed by atoms with Crippen LogP contribution < -0.4 is 5.73 Å². The molecule has 1 aromatic carbocycles. The molecule has 0 bridgehead atoms. The number of halogens is 1. The molecule has 0 spiro atoms. The Morgan fingerprint density at radius 1 is 1.56 bits per heavy atom. The monoisotopic (exact) mass is 270 g/mol. The van der Waals surface area contributed by atoms with Crippen molar-refractivity contribution in [3.8, 4) is 0 Å². The van der Waals surface area contributed by atoms with Gasteiger partial charge in [-0.15, -0.1) is 0 Å². The highest BCUT2D eigenvalue weighted by atomic mass is 35.5. The van der Waals surface area contributed by atoms with Crippen molar-refractivity contribution >= 4 is 17.5 Å². The number of carbonyl (C=O) groups excluding carboxylic acids is 1. The molecule has 4 nitrogen and oxygen atoms in total. The fourth-order valence-electron chi connectivity index (χ4n) is 1.61. The lowest BCUT2D eigenvalue weighted by atomic mass is 10.1. The molecule has 1 aromatic rings. The van der Waals surface area contributed by atoms with Crippen molar-refractivity contribution in [2.75, 3.05) is 13.6 Å². The van der Waals surface area contributed by atoms with E-state index in [1.54, 1.807) is 25.1 Å². The van der Waals surface area contributed by atoms with Gasteiger partial charge >= 0.3 is 0 Å². The summed E-state index contributed by atoms with van der Waals surface area (Å²) in [7, 11) is 1.96. The Kier molecular flexibility index (Phi) is 5.59. The Morgan fingerprint density at radius 3 is 2.72 bits per heavy atom. The summed E-state index contributed by atoms with van der Waals surface area (Å²) in [5.41, 5.74) is 6.53. The van der Waals surface area contributed by atoms with Gasteiger partial charge in [0.05, 0.1) is 6.10 Å². The van der Waals surface area contributed by atoms with Crippen LogP contribution in [0.25, 0.3) is 0 Å². The standard InChI is InChI=1S/C13H19ClN2O2/c1-9(17)5-6-16(2)8-11-4-3-10(13(15)18)7-12(11)14/h3-4,7,9,17H,5-6,8H2,1-2H3,(H2,15,18). The average molecular weight is 271 g/mol. The van der Waals surface area contributed by atoms with Crippen LogP contribution in [0.2, 0.25) is 5.02 Å². The van der Waals surface area contributed by atoms with E-state index in [0.717, 1.165) is 12.1 Å². The Labute approximate surface area is 112 Å². The van der Waals surface area contributed by atoms with Crippen molar-refractivity contribution < 1.29 is 9.90 Å². The van der Waals surface area contributed by atoms with E-state index in [1.807, 2.05) is 7.05 Å². The van der Waals surface area contributed by atoms with Crippen molar-refractivity contribution in [1.82, 2.24) is 4.90 Å². The van der Waals surface area contributed by atoms with Gasteiger partial charge in [0.1, 0.15) is 0 Å². The predicted octanol–water partition coefficient (Wildman–Crippen LogP) is 1.64. The van der Waals surface area contributed by atoms with Crippen LogP contribution in [0.4, 0.5) is 0 Å². The smallest absolute Gasteiger partial charge is 0.248 e. The second-order valence-corrected chi connectivity index (χ2v) is 4.95. The molecule has 0 aromatic heterocycles. The first-order chi connectivity index (χ1) is 8.40. The van der Waals surface area contributed by atoms with Crippen LogP contribution in [0.3, 0.4) is 0 Å². The van der Waals surface area contributed by atoms with E-state index < -0.39 is 5.91 Å². The van der Waals surface area contributed by atoms with Gasteiger partial charge in [0.15, 0.2) is 0 Å². The highest BCUT2D eigenvalue weighted by Gasteiger charge is 2.08. The van der Waals surface area contributed by atoms with Crippen LogP contribution in [-0.2, 0) is 6.54 Å². The summed E-state index contributed by atoms with van der Waals surface area (Å²) in [4.78, 5) is 13.1. The van der Waals surface area contributed by atoms with E-state index in [1.165, 1.54) is 0 Å². The first-order valence-corrected chi connectivity index (χ1v) is 6.22. The van der Waals surface area contributed by atoms with E-state index in [4.69, 9.17) is 17.3 Å². The summed E-state index contributed by atoms with van der Waals surface area (Å²) in [6, 6.07) is 5.06. The van der Waals surface area contributed by atoms with Gasteiger partial charge in [-0.05, 0) is 38.1 Å². The second-order valence-electron chi connectivity index (χ2n) is 4.55. The molecule has 3 N–H and O–H groups in total. The van der Waals surface area contributed by atoms with Crippen LogP contribution in [0.15, 0.2) is 18.2 Å². The predicted molar refractivity (Wildman–Crippen MR) is 72.6 cm³/mol. The van der Waals surface area contributed by atoms with Crippen molar-refractivity contribution in [2.45, 2.75) is 26.0 Å². The molecule has 1 unspecified atom stereocenters. The number of hydrogen-bond donors (Lipinski definition) is 2. The van der Waals surface area contributed by atoms with E-state index in [0.29, 0.717) is 23.6 Å². The normalized spacial score (nSPS) is 12.7. The first kappa shape index (κ1) is 15.0. The molecule has 0 aliphatic heterocycles. The number of rotatable bonds is 6. The van der Waals surface area contributed by atoms with Gasteiger partial charge in [-0.1, -0.05) is 17.7 Å². The summed E-state index contributed by atoms with van der Waals surface area (Å²) < 4.78 is 0. The highest BCUT2D eigenvalue weighted by molar-refractivity contribution is 6.31. The van der Waals surface area contributed by atoms with E-state index in [-0.39, 0.29) is 6.10 Å². The zero-order valence-electron chi connectivity index (χ0n) is 10.7.